The second kappa shape index (κ2) is 7.12. The quantitative estimate of drug-likeness (QED) is 0.678. The summed E-state index contributed by atoms with van der Waals surface area (Å²) in [4.78, 5) is 16.0. The molecule has 5 rings (SSSR count). The summed E-state index contributed by atoms with van der Waals surface area (Å²) in [6, 6.07) is 12.0. The zero-order valence-corrected chi connectivity index (χ0v) is 16.0. The van der Waals surface area contributed by atoms with Crippen molar-refractivity contribution in [2.24, 2.45) is 0 Å². The molecule has 30 heavy (non-hydrogen) atoms. The lowest BCUT2D eigenvalue weighted by atomic mass is 9.65. The van der Waals surface area contributed by atoms with E-state index >= 15 is 0 Å². The molecule has 1 aliphatic heterocycles. The monoisotopic (exact) mass is 407 g/mol. The highest BCUT2D eigenvalue weighted by atomic mass is 19.1. The van der Waals surface area contributed by atoms with Crippen LogP contribution in [0.25, 0.3) is 11.3 Å². The SMILES string of the molecule is O=C1NCc2c1cccc2-c1ccc(NC[C@]2(c3ncccc3F)C[C@H](F)C2)nn1. The van der Waals surface area contributed by atoms with Crippen LogP contribution in [0.15, 0.2) is 48.7 Å². The molecule has 3 heterocycles. The number of amides is 1. The molecule has 1 fully saturated rings. The number of aromatic nitrogens is 3. The molecule has 1 aromatic carbocycles. The standard InChI is InChI=1S/C22H19F2N5O/c23-13-9-22(10-13,20-17(24)5-2-8-25-20)12-27-19-7-6-18(28-29-19)14-3-1-4-15-16(14)11-26-21(15)30/h1-8,13H,9-12H2,(H,26,30)(H,27,29)/t13-,22-. The second-order valence-corrected chi connectivity index (χ2v) is 7.79. The van der Waals surface area contributed by atoms with Gasteiger partial charge in [0.25, 0.3) is 5.91 Å². The number of fused-ring (bicyclic) bond motifs is 1. The van der Waals surface area contributed by atoms with Gasteiger partial charge in [-0.25, -0.2) is 8.78 Å². The lowest BCUT2D eigenvalue weighted by Crippen LogP contribution is -2.49. The number of alkyl halides is 1. The molecule has 1 saturated carbocycles. The van der Waals surface area contributed by atoms with Gasteiger partial charge < -0.3 is 10.6 Å². The first-order chi connectivity index (χ1) is 14.6. The number of hydrogen-bond acceptors (Lipinski definition) is 5. The first-order valence-corrected chi connectivity index (χ1v) is 9.79. The van der Waals surface area contributed by atoms with Gasteiger partial charge in [0.15, 0.2) is 0 Å². The Kier molecular flexibility index (Phi) is 4.42. The smallest absolute Gasteiger partial charge is 0.251 e. The van der Waals surface area contributed by atoms with Crippen LogP contribution in [0.3, 0.4) is 0 Å². The fourth-order valence-electron chi connectivity index (χ4n) is 4.31. The van der Waals surface area contributed by atoms with Gasteiger partial charge in [0.1, 0.15) is 17.8 Å². The molecule has 152 valence electrons. The highest BCUT2D eigenvalue weighted by Crippen LogP contribution is 2.45. The summed E-state index contributed by atoms with van der Waals surface area (Å²) in [5.74, 6) is 0.00378. The van der Waals surface area contributed by atoms with Crippen LogP contribution >= 0.6 is 0 Å². The Bertz CT molecular complexity index is 1110. The van der Waals surface area contributed by atoms with Gasteiger partial charge in [-0.1, -0.05) is 12.1 Å². The number of carbonyl (C=O) groups is 1. The zero-order valence-electron chi connectivity index (χ0n) is 16.0. The molecule has 2 aliphatic rings. The average molecular weight is 407 g/mol. The third-order valence-electron chi connectivity index (χ3n) is 5.88. The van der Waals surface area contributed by atoms with E-state index < -0.39 is 17.4 Å². The van der Waals surface area contributed by atoms with Gasteiger partial charge in [-0.3, -0.25) is 9.78 Å². The van der Waals surface area contributed by atoms with Crippen LogP contribution in [0.5, 0.6) is 0 Å². The summed E-state index contributed by atoms with van der Waals surface area (Å²) in [6.45, 7) is 0.781. The first kappa shape index (κ1) is 18.6. The molecular weight excluding hydrogens is 388 g/mol. The van der Waals surface area contributed by atoms with Crippen LogP contribution in [-0.4, -0.2) is 33.8 Å². The molecule has 0 atom stereocenters. The van der Waals surface area contributed by atoms with Crippen LogP contribution < -0.4 is 10.6 Å². The molecular formula is C22H19F2N5O. The molecule has 6 nitrogen and oxygen atoms in total. The molecule has 2 aromatic heterocycles. The molecule has 2 N–H and O–H groups in total. The number of benzene rings is 1. The number of hydrogen-bond donors (Lipinski definition) is 2. The number of carbonyl (C=O) groups excluding carboxylic acids is 1. The number of pyridine rings is 1. The van der Waals surface area contributed by atoms with Crippen molar-refractivity contribution in [3.8, 4) is 11.3 Å². The topological polar surface area (TPSA) is 79.8 Å². The van der Waals surface area contributed by atoms with Crippen molar-refractivity contribution in [3.05, 3.63) is 71.3 Å². The van der Waals surface area contributed by atoms with E-state index in [2.05, 4.69) is 25.8 Å². The van der Waals surface area contributed by atoms with Crippen LogP contribution in [0.2, 0.25) is 0 Å². The van der Waals surface area contributed by atoms with Crippen LogP contribution in [-0.2, 0) is 12.0 Å². The fraction of sp³-hybridized carbons (Fsp3) is 0.273. The van der Waals surface area contributed by atoms with E-state index in [1.165, 1.54) is 18.3 Å². The third kappa shape index (κ3) is 3.08. The van der Waals surface area contributed by atoms with E-state index in [9.17, 15) is 13.6 Å². The normalized spacial score (nSPS) is 22.2. The van der Waals surface area contributed by atoms with E-state index in [-0.39, 0.29) is 24.4 Å². The Morgan fingerprint density at radius 1 is 1.10 bits per heavy atom. The number of anilines is 1. The molecule has 0 saturated heterocycles. The van der Waals surface area contributed by atoms with E-state index in [1.54, 1.807) is 12.1 Å². The van der Waals surface area contributed by atoms with Crippen molar-refractivity contribution in [1.82, 2.24) is 20.5 Å². The van der Waals surface area contributed by atoms with Crippen molar-refractivity contribution < 1.29 is 13.6 Å². The Balaban J connectivity index is 1.35. The predicted octanol–water partition coefficient (Wildman–Crippen LogP) is 3.40. The molecule has 1 aliphatic carbocycles. The predicted molar refractivity (Wildman–Crippen MR) is 107 cm³/mol. The average Bonchev–Trinajstić information content (AvgIpc) is 3.12. The summed E-state index contributed by atoms with van der Waals surface area (Å²) in [7, 11) is 0. The number of nitrogens with zero attached hydrogens (tertiary/aromatic N) is 3. The Labute approximate surface area is 171 Å². The molecule has 0 unspecified atom stereocenters. The Hall–Kier alpha value is -3.42. The molecule has 3 aromatic rings. The number of nitrogens with one attached hydrogen (secondary N) is 2. The van der Waals surface area contributed by atoms with Gasteiger partial charge in [0.05, 0.1) is 11.4 Å². The Morgan fingerprint density at radius 3 is 2.67 bits per heavy atom. The fourth-order valence-corrected chi connectivity index (χ4v) is 4.31. The van der Waals surface area contributed by atoms with Crippen LogP contribution in [0.4, 0.5) is 14.6 Å². The minimum Gasteiger partial charge on any atom is -0.368 e. The highest BCUT2D eigenvalue weighted by Gasteiger charge is 2.48. The van der Waals surface area contributed by atoms with Crippen molar-refractivity contribution >= 4 is 11.7 Å². The lowest BCUT2D eigenvalue weighted by molar-refractivity contribution is 0.0960. The molecule has 8 heteroatoms. The maximum Gasteiger partial charge on any atom is 0.251 e. The highest BCUT2D eigenvalue weighted by molar-refractivity contribution is 6.00. The van der Waals surface area contributed by atoms with Gasteiger partial charge in [-0.05, 0) is 48.7 Å². The van der Waals surface area contributed by atoms with Gasteiger partial charge in [0, 0.05) is 35.8 Å². The maximum atomic E-state index is 14.3. The van der Waals surface area contributed by atoms with Gasteiger partial charge in [-0.2, -0.15) is 0 Å². The van der Waals surface area contributed by atoms with E-state index in [0.717, 1.165) is 11.1 Å². The van der Waals surface area contributed by atoms with Gasteiger partial charge in [0.2, 0.25) is 0 Å². The first-order valence-electron chi connectivity index (χ1n) is 9.79. The summed E-state index contributed by atoms with van der Waals surface area (Å²) in [6.07, 6.45) is 1.00. The van der Waals surface area contributed by atoms with E-state index in [1.807, 2.05) is 18.2 Å². The third-order valence-corrected chi connectivity index (χ3v) is 5.88. The lowest BCUT2D eigenvalue weighted by Gasteiger charge is -2.44. The Morgan fingerprint density at radius 2 is 1.93 bits per heavy atom. The molecule has 0 bridgehead atoms. The minimum atomic E-state index is -0.960. The van der Waals surface area contributed by atoms with Crippen LogP contribution in [0, 0.1) is 5.82 Å². The van der Waals surface area contributed by atoms with Crippen molar-refractivity contribution in [2.75, 3.05) is 11.9 Å². The van der Waals surface area contributed by atoms with Crippen LogP contribution in [0.1, 0.15) is 34.5 Å². The summed E-state index contributed by atoms with van der Waals surface area (Å²) in [5.41, 5.74) is 2.67. The maximum absolute atomic E-state index is 14.3. The number of rotatable bonds is 5. The molecule has 1 amide bonds. The van der Waals surface area contributed by atoms with E-state index in [0.29, 0.717) is 30.2 Å². The largest absolute Gasteiger partial charge is 0.368 e. The van der Waals surface area contributed by atoms with Crippen molar-refractivity contribution in [3.63, 3.8) is 0 Å². The number of halogens is 2. The van der Waals surface area contributed by atoms with Gasteiger partial charge in [-0.15, -0.1) is 10.2 Å². The summed E-state index contributed by atoms with van der Waals surface area (Å²) in [5, 5.41) is 14.5. The summed E-state index contributed by atoms with van der Waals surface area (Å²) < 4.78 is 28.0. The van der Waals surface area contributed by atoms with Crippen molar-refractivity contribution in [2.45, 2.75) is 31.0 Å². The molecule has 0 spiro atoms. The zero-order chi connectivity index (χ0) is 20.7. The summed E-state index contributed by atoms with van der Waals surface area (Å²) >= 11 is 0. The van der Waals surface area contributed by atoms with E-state index in [4.69, 9.17) is 0 Å². The van der Waals surface area contributed by atoms with Gasteiger partial charge >= 0.3 is 0 Å². The minimum absolute atomic E-state index is 0.0863. The second-order valence-electron chi connectivity index (χ2n) is 7.79. The van der Waals surface area contributed by atoms with Crippen molar-refractivity contribution in [1.29, 1.82) is 0 Å². The molecule has 0 radical (unpaired) electrons.